The maximum absolute atomic E-state index is 12.8. The molecule has 0 aliphatic heterocycles. The Hall–Kier alpha value is -1.59. The summed E-state index contributed by atoms with van der Waals surface area (Å²) in [7, 11) is 0. The van der Waals surface area contributed by atoms with E-state index in [1.807, 2.05) is 0 Å². The van der Waals surface area contributed by atoms with Gasteiger partial charge in [-0.15, -0.1) is 0 Å². The summed E-state index contributed by atoms with van der Waals surface area (Å²) in [5.41, 5.74) is 0. The lowest BCUT2D eigenvalue weighted by Crippen LogP contribution is -2.30. The summed E-state index contributed by atoms with van der Waals surface area (Å²) in [6, 6.07) is 0. The number of esters is 3. The molecule has 0 rings (SSSR count). The normalized spacial score (nSPS) is 11.9. The van der Waals surface area contributed by atoms with Crippen LogP contribution in [-0.4, -0.2) is 37.2 Å². The molecule has 0 aromatic rings. The summed E-state index contributed by atoms with van der Waals surface area (Å²) in [6.45, 7) is 9.03. The van der Waals surface area contributed by atoms with Gasteiger partial charge < -0.3 is 14.2 Å². The lowest BCUT2D eigenvalue weighted by atomic mass is 10.0. The molecular weight excluding hydrogens is 733 g/mol. The molecule has 0 aromatic carbocycles. The average Bonchev–Trinajstić information content (AvgIpc) is 3.22. The minimum Gasteiger partial charge on any atom is -0.462 e. The summed E-state index contributed by atoms with van der Waals surface area (Å²) in [4.78, 5) is 37.9. The number of carbonyl (C=O) groups excluding carboxylic acids is 3. The molecule has 0 heterocycles. The highest BCUT2D eigenvalue weighted by atomic mass is 16.6. The van der Waals surface area contributed by atoms with Gasteiger partial charge in [0.05, 0.1) is 0 Å². The van der Waals surface area contributed by atoms with Crippen molar-refractivity contribution in [2.75, 3.05) is 13.2 Å². The lowest BCUT2D eigenvalue weighted by molar-refractivity contribution is -0.167. The van der Waals surface area contributed by atoms with Crippen molar-refractivity contribution in [3.8, 4) is 0 Å². The van der Waals surface area contributed by atoms with E-state index in [2.05, 4.69) is 27.7 Å². The van der Waals surface area contributed by atoms with Gasteiger partial charge >= 0.3 is 17.9 Å². The Morgan fingerprint density at radius 2 is 0.559 bits per heavy atom. The molecule has 6 nitrogen and oxygen atoms in total. The summed E-state index contributed by atoms with van der Waals surface area (Å²) < 4.78 is 16.8. The molecule has 0 saturated heterocycles. The second-order valence-electron chi connectivity index (χ2n) is 18.6. The smallest absolute Gasteiger partial charge is 0.306 e. The van der Waals surface area contributed by atoms with Crippen LogP contribution in [0.2, 0.25) is 0 Å². The molecule has 0 aliphatic rings. The highest BCUT2D eigenvalue weighted by molar-refractivity contribution is 5.71. The third-order valence-corrected chi connectivity index (χ3v) is 12.0. The van der Waals surface area contributed by atoms with E-state index in [4.69, 9.17) is 14.2 Å². The first-order valence-electron chi connectivity index (χ1n) is 26.4. The first-order chi connectivity index (χ1) is 28.9. The van der Waals surface area contributed by atoms with Gasteiger partial charge in [0.2, 0.25) is 0 Å². The first kappa shape index (κ1) is 57.4. The van der Waals surface area contributed by atoms with E-state index in [1.54, 1.807) is 0 Å². The molecule has 0 spiro atoms. The zero-order valence-corrected chi connectivity index (χ0v) is 40.2. The Bertz CT molecular complexity index is 887. The SMILES string of the molecule is CCCCCCCCCCCCCCC(=O)OC[C@@H](COC(=O)CCCCCCCCCCCCCCCCCC(C)C)OC(=O)CCCCCCCCCCCCC. The molecule has 0 aromatic heterocycles. The molecule has 0 aliphatic carbocycles. The van der Waals surface area contributed by atoms with E-state index >= 15 is 0 Å². The van der Waals surface area contributed by atoms with Crippen molar-refractivity contribution < 1.29 is 28.6 Å². The Kier molecular flexibility index (Phi) is 46.2. The monoisotopic (exact) mass is 835 g/mol. The molecule has 0 radical (unpaired) electrons. The summed E-state index contributed by atoms with van der Waals surface area (Å²) >= 11 is 0. The topological polar surface area (TPSA) is 78.9 Å². The Morgan fingerprint density at radius 3 is 0.831 bits per heavy atom. The number of carbonyl (C=O) groups is 3. The highest BCUT2D eigenvalue weighted by Gasteiger charge is 2.19. The van der Waals surface area contributed by atoms with Gasteiger partial charge in [-0.3, -0.25) is 14.4 Å². The van der Waals surface area contributed by atoms with Crippen LogP contribution in [0.4, 0.5) is 0 Å². The predicted octanol–water partition coefficient (Wildman–Crippen LogP) is 17.1. The Morgan fingerprint density at radius 1 is 0.322 bits per heavy atom. The van der Waals surface area contributed by atoms with Crippen molar-refractivity contribution in [3.05, 3.63) is 0 Å². The van der Waals surface area contributed by atoms with Crippen molar-refractivity contribution in [1.29, 1.82) is 0 Å². The molecule has 350 valence electrons. The third kappa shape index (κ3) is 47.3. The molecule has 0 fully saturated rings. The number of ether oxygens (including phenoxy) is 3. The van der Waals surface area contributed by atoms with Crippen molar-refractivity contribution in [1.82, 2.24) is 0 Å². The predicted molar refractivity (Wildman–Crippen MR) is 252 cm³/mol. The van der Waals surface area contributed by atoms with Gasteiger partial charge in [0.25, 0.3) is 0 Å². The van der Waals surface area contributed by atoms with Gasteiger partial charge in [0.15, 0.2) is 6.10 Å². The minimum absolute atomic E-state index is 0.0625. The standard InChI is InChI=1S/C53H102O6/c1-5-7-9-11-13-15-17-25-28-32-36-40-44-51(54)57-47-50(59-53(56)46-42-38-34-30-23-16-14-12-10-8-6-2)48-58-52(55)45-41-37-33-29-26-22-20-18-19-21-24-27-31-35-39-43-49(3)4/h49-50H,5-48H2,1-4H3/t50-/m0/s1. The van der Waals surface area contributed by atoms with Crippen molar-refractivity contribution in [2.45, 2.75) is 303 Å². The minimum atomic E-state index is -0.760. The fourth-order valence-corrected chi connectivity index (χ4v) is 8.04. The van der Waals surface area contributed by atoms with Gasteiger partial charge in [0, 0.05) is 19.3 Å². The number of rotatable bonds is 48. The first-order valence-corrected chi connectivity index (χ1v) is 26.4. The lowest BCUT2D eigenvalue weighted by Gasteiger charge is -2.18. The Balaban J connectivity index is 4.25. The van der Waals surface area contributed by atoms with Crippen LogP contribution in [0, 0.1) is 5.92 Å². The van der Waals surface area contributed by atoms with E-state index in [0.29, 0.717) is 19.3 Å². The fraction of sp³-hybridized carbons (Fsp3) is 0.943. The van der Waals surface area contributed by atoms with E-state index in [9.17, 15) is 14.4 Å². The van der Waals surface area contributed by atoms with Crippen LogP contribution in [0.25, 0.3) is 0 Å². The van der Waals surface area contributed by atoms with Gasteiger partial charge in [-0.25, -0.2) is 0 Å². The second-order valence-corrected chi connectivity index (χ2v) is 18.6. The molecule has 1 atom stereocenters. The number of unbranched alkanes of at least 4 members (excludes halogenated alkanes) is 35. The molecule has 6 heteroatoms. The van der Waals surface area contributed by atoms with Crippen molar-refractivity contribution in [3.63, 3.8) is 0 Å². The molecule has 0 saturated carbocycles. The second kappa shape index (κ2) is 47.5. The molecule has 0 amide bonds. The van der Waals surface area contributed by atoms with Gasteiger partial charge in [-0.2, -0.15) is 0 Å². The maximum atomic E-state index is 12.8. The average molecular weight is 835 g/mol. The molecule has 0 bridgehead atoms. The van der Waals surface area contributed by atoms with E-state index < -0.39 is 6.10 Å². The van der Waals surface area contributed by atoms with Crippen LogP contribution in [-0.2, 0) is 28.6 Å². The highest BCUT2D eigenvalue weighted by Crippen LogP contribution is 2.17. The van der Waals surface area contributed by atoms with Crippen molar-refractivity contribution in [2.24, 2.45) is 5.92 Å². The number of hydrogen-bond acceptors (Lipinski definition) is 6. The molecular formula is C53H102O6. The zero-order chi connectivity index (χ0) is 43.1. The Labute approximate surface area is 368 Å². The third-order valence-electron chi connectivity index (χ3n) is 12.0. The quantitative estimate of drug-likeness (QED) is 0.0345. The van der Waals surface area contributed by atoms with Crippen LogP contribution >= 0.6 is 0 Å². The van der Waals surface area contributed by atoms with Crippen LogP contribution in [0.5, 0.6) is 0 Å². The van der Waals surface area contributed by atoms with Crippen molar-refractivity contribution >= 4 is 17.9 Å². The summed E-state index contributed by atoms with van der Waals surface area (Å²) in [5, 5.41) is 0. The van der Waals surface area contributed by atoms with E-state index in [1.165, 1.54) is 193 Å². The van der Waals surface area contributed by atoms with E-state index in [0.717, 1.165) is 63.7 Å². The van der Waals surface area contributed by atoms with Crippen LogP contribution in [0.15, 0.2) is 0 Å². The zero-order valence-electron chi connectivity index (χ0n) is 40.2. The number of hydrogen-bond donors (Lipinski definition) is 0. The maximum Gasteiger partial charge on any atom is 0.306 e. The summed E-state index contributed by atoms with van der Waals surface area (Å²) in [5.74, 6) is 0.00570. The van der Waals surface area contributed by atoms with Gasteiger partial charge in [-0.05, 0) is 25.2 Å². The molecule has 0 unspecified atom stereocenters. The van der Waals surface area contributed by atoms with E-state index in [-0.39, 0.29) is 31.1 Å². The van der Waals surface area contributed by atoms with Gasteiger partial charge in [-0.1, -0.05) is 259 Å². The van der Waals surface area contributed by atoms with Gasteiger partial charge in [0.1, 0.15) is 13.2 Å². The van der Waals surface area contributed by atoms with Crippen LogP contribution in [0.1, 0.15) is 297 Å². The molecule has 0 N–H and O–H groups in total. The van der Waals surface area contributed by atoms with Crippen LogP contribution < -0.4 is 0 Å². The van der Waals surface area contributed by atoms with Crippen LogP contribution in [0.3, 0.4) is 0 Å². The largest absolute Gasteiger partial charge is 0.462 e. The fourth-order valence-electron chi connectivity index (χ4n) is 8.04. The molecule has 59 heavy (non-hydrogen) atoms. The summed E-state index contributed by atoms with van der Waals surface area (Å²) in [6.07, 6.45) is 49.4.